The maximum absolute atomic E-state index is 14.7. The first-order valence-electron chi connectivity index (χ1n) is 12.3. The largest absolute Gasteiger partial charge is 0.481 e. The van der Waals surface area contributed by atoms with Crippen LogP contribution in [0.15, 0.2) is 40.9 Å². The Kier molecular flexibility index (Phi) is 6.90. The lowest BCUT2D eigenvalue weighted by Crippen LogP contribution is -2.35. The highest BCUT2D eigenvalue weighted by Crippen LogP contribution is 2.46. The van der Waals surface area contributed by atoms with Crippen LogP contribution >= 0.6 is 11.6 Å². The number of carbonyl (C=O) groups is 1. The predicted molar refractivity (Wildman–Crippen MR) is 132 cm³/mol. The molecule has 6 nitrogen and oxygen atoms in total. The Morgan fingerprint density at radius 2 is 1.97 bits per heavy atom. The lowest BCUT2D eigenvalue weighted by molar-refractivity contribution is -0.136. The van der Waals surface area contributed by atoms with E-state index in [-0.39, 0.29) is 18.1 Å². The van der Waals surface area contributed by atoms with Crippen LogP contribution in [0.2, 0.25) is 5.02 Å². The van der Waals surface area contributed by atoms with Gasteiger partial charge in [-0.2, -0.15) is 0 Å². The molecular weight excluding hydrogens is 485 g/mol. The smallest absolute Gasteiger partial charge is 0.307 e. The van der Waals surface area contributed by atoms with Gasteiger partial charge >= 0.3 is 5.97 Å². The molecule has 2 saturated carbocycles. The number of rotatable bonds is 8. The van der Waals surface area contributed by atoms with Gasteiger partial charge < -0.3 is 19.5 Å². The Bertz CT molecular complexity index is 1260. The summed E-state index contributed by atoms with van der Waals surface area (Å²) in [6, 6.07) is 10.0. The first-order chi connectivity index (χ1) is 17.2. The number of aromatic nitrogens is 1. The summed E-state index contributed by atoms with van der Waals surface area (Å²) < 4.78 is 26.8. The molecule has 2 N–H and O–H groups in total. The molecule has 190 valence electrons. The van der Waals surface area contributed by atoms with Gasteiger partial charge in [-0.15, -0.1) is 0 Å². The molecular formula is C28H29ClFNO5. The number of nitrogens with zero attached hydrogens (tertiary/aromatic N) is 1. The Morgan fingerprint density at radius 3 is 2.61 bits per heavy atom. The monoisotopic (exact) mass is 513 g/mol. The summed E-state index contributed by atoms with van der Waals surface area (Å²) in [6.45, 7) is 2.32. The van der Waals surface area contributed by atoms with Crippen molar-refractivity contribution >= 4 is 17.6 Å². The summed E-state index contributed by atoms with van der Waals surface area (Å²) in [5.41, 5.74) is 2.79. The lowest BCUT2D eigenvalue weighted by Gasteiger charge is -2.36. The maximum atomic E-state index is 14.7. The van der Waals surface area contributed by atoms with E-state index in [9.17, 15) is 14.3 Å². The third kappa shape index (κ3) is 5.05. The Hall–Kier alpha value is -2.74. The molecule has 1 heterocycles. The number of carboxylic acid groups (broad SMARTS) is 1. The molecule has 0 radical (unpaired) electrons. The summed E-state index contributed by atoms with van der Waals surface area (Å²) in [5, 5.41) is 25.1. The fourth-order valence-electron chi connectivity index (χ4n) is 5.18. The fraction of sp³-hybridized carbons (Fsp3) is 0.429. The zero-order valence-corrected chi connectivity index (χ0v) is 20.9. The van der Waals surface area contributed by atoms with Crippen molar-refractivity contribution in [3.05, 3.63) is 75.3 Å². The van der Waals surface area contributed by atoms with E-state index in [0.29, 0.717) is 48.8 Å². The van der Waals surface area contributed by atoms with Crippen LogP contribution in [0.5, 0.6) is 0 Å². The maximum Gasteiger partial charge on any atom is 0.307 e. The number of ether oxygens (including phenoxy) is 1. The molecule has 0 aliphatic heterocycles. The van der Waals surface area contributed by atoms with E-state index in [2.05, 4.69) is 5.16 Å². The second kappa shape index (κ2) is 9.96. The number of carboxylic acids is 1. The lowest BCUT2D eigenvalue weighted by atomic mass is 9.78. The molecule has 5 rings (SSSR count). The van der Waals surface area contributed by atoms with Gasteiger partial charge in [0.25, 0.3) is 0 Å². The van der Waals surface area contributed by atoms with Crippen molar-refractivity contribution in [1.82, 2.24) is 5.16 Å². The SMILES string of the molecule is Cc1cccc(Cl)c1-c1noc(C2CC2)c1COC1CCC(O)(c2ccc(CC(=O)O)cc2F)CC1. The van der Waals surface area contributed by atoms with E-state index >= 15 is 0 Å². The second-order valence-corrected chi connectivity index (χ2v) is 10.4. The van der Waals surface area contributed by atoms with Gasteiger partial charge in [0.1, 0.15) is 17.3 Å². The molecule has 0 unspecified atom stereocenters. The van der Waals surface area contributed by atoms with Crippen molar-refractivity contribution in [3.8, 4) is 11.3 Å². The molecule has 36 heavy (non-hydrogen) atoms. The standard InChI is InChI=1S/C28H29ClFNO5/c1-16-3-2-4-22(29)25(16)26-20(27(36-31-26)18-6-7-18)15-35-19-9-11-28(34,12-10-19)21-8-5-17(13-23(21)30)14-24(32)33/h2-5,8,13,18-19,34H,6-7,9-12,14-15H2,1H3,(H,32,33). The predicted octanol–water partition coefficient (Wildman–Crippen LogP) is 6.29. The van der Waals surface area contributed by atoms with Gasteiger partial charge in [-0.05, 0) is 68.7 Å². The Labute approximate surface area is 214 Å². The molecule has 0 amide bonds. The van der Waals surface area contributed by atoms with Crippen molar-refractivity contribution < 1.29 is 28.7 Å². The molecule has 0 spiro atoms. The van der Waals surface area contributed by atoms with Crippen LogP contribution in [-0.2, 0) is 28.2 Å². The molecule has 3 aromatic rings. The Balaban J connectivity index is 1.28. The van der Waals surface area contributed by atoms with Crippen LogP contribution in [0.4, 0.5) is 4.39 Å². The van der Waals surface area contributed by atoms with Crippen molar-refractivity contribution in [2.24, 2.45) is 0 Å². The third-order valence-electron chi connectivity index (χ3n) is 7.34. The number of aryl methyl sites for hydroxylation is 1. The van der Waals surface area contributed by atoms with Crippen LogP contribution in [0, 0.1) is 12.7 Å². The van der Waals surface area contributed by atoms with Gasteiger partial charge in [-0.25, -0.2) is 4.39 Å². The zero-order chi connectivity index (χ0) is 25.4. The van der Waals surface area contributed by atoms with E-state index in [1.807, 2.05) is 25.1 Å². The molecule has 8 heteroatoms. The van der Waals surface area contributed by atoms with Crippen molar-refractivity contribution in [2.45, 2.75) is 76.1 Å². The third-order valence-corrected chi connectivity index (χ3v) is 7.65. The van der Waals surface area contributed by atoms with Gasteiger partial charge in [0.2, 0.25) is 0 Å². The topological polar surface area (TPSA) is 92.8 Å². The van der Waals surface area contributed by atoms with Crippen LogP contribution in [0.3, 0.4) is 0 Å². The van der Waals surface area contributed by atoms with Crippen molar-refractivity contribution in [2.75, 3.05) is 0 Å². The number of benzene rings is 2. The summed E-state index contributed by atoms with van der Waals surface area (Å²) in [7, 11) is 0. The minimum Gasteiger partial charge on any atom is -0.481 e. The first kappa shape index (κ1) is 24.9. The van der Waals surface area contributed by atoms with Gasteiger partial charge in [0.05, 0.1) is 29.8 Å². The Morgan fingerprint density at radius 1 is 1.22 bits per heavy atom. The van der Waals surface area contributed by atoms with Crippen LogP contribution in [-0.4, -0.2) is 27.4 Å². The summed E-state index contributed by atoms with van der Waals surface area (Å²) >= 11 is 6.52. The number of aliphatic carboxylic acids is 1. The zero-order valence-electron chi connectivity index (χ0n) is 20.1. The summed E-state index contributed by atoms with van der Waals surface area (Å²) in [4.78, 5) is 10.9. The van der Waals surface area contributed by atoms with E-state index in [4.69, 9.17) is 26.0 Å². The molecule has 2 aromatic carbocycles. The number of halogens is 2. The summed E-state index contributed by atoms with van der Waals surface area (Å²) in [5.74, 6) is -0.380. The van der Waals surface area contributed by atoms with Gasteiger partial charge in [-0.1, -0.05) is 41.0 Å². The van der Waals surface area contributed by atoms with E-state index < -0.39 is 17.4 Å². The van der Waals surface area contributed by atoms with Crippen LogP contribution in [0.1, 0.15) is 72.5 Å². The molecule has 0 bridgehead atoms. The van der Waals surface area contributed by atoms with E-state index in [1.165, 1.54) is 12.1 Å². The minimum absolute atomic E-state index is 0.0956. The van der Waals surface area contributed by atoms with Crippen LogP contribution in [0.25, 0.3) is 11.3 Å². The van der Waals surface area contributed by atoms with Gasteiger partial charge in [0, 0.05) is 22.6 Å². The van der Waals surface area contributed by atoms with Crippen LogP contribution < -0.4 is 0 Å². The molecule has 1 aromatic heterocycles. The second-order valence-electron chi connectivity index (χ2n) is 10.0. The normalized spacial score (nSPS) is 22.1. The molecule has 2 aliphatic carbocycles. The highest BCUT2D eigenvalue weighted by molar-refractivity contribution is 6.33. The van der Waals surface area contributed by atoms with E-state index in [1.54, 1.807) is 6.07 Å². The molecule has 0 atom stereocenters. The van der Waals surface area contributed by atoms with Crippen molar-refractivity contribution in [1.29, 1.82) is 0 Å². The average molecular weight is 514 g/mol. The highest BCUT2D eigenvalue weighted by atomic mass is 35.5. The molecule has 2 fully saturated rings. The summed E-state index contributed by atoms with van der Waals surface area (Å²) in [6.07, 6.45) is 3.61. The van der Waals surface area contributed by atoms with Crippen molar-refractivity contribution in [3.63, 3.8) is 0 Å². The first-order valence-corrected chi connectivity index (χ1v) is 12.7. The average Bonchev–Trinajstić information content (AvgIpc) is 3.59. The quantitative estimate of drug-likeness (QED) is 0.367. The number of aliphatic hydroxyl groups is 1. The minimum atomic E-state index is -1.30. The fourth-order valence-corrected chi connectivity index (χ4v) is 5.49. The van der Waals surface area contributed by atoms with Gasteiger partial charge in [0.15, 0.2) is 0 Å². The molecule has 0 saturated heterocycles. The highest BCUT2D eigenvalue weighted by Gasteiger charge is 2.38. The number of hydrogen-bond donors (Lipinski definition) is 2. The van der Waals surface area contributed by atoms with Gasteiger partial charge in [-0.3, -0.25) is 4.79 Å². The number of hydrogen-bond acceptors (Lipinski definition) is 5. The molecule has 2 aliphatic rings. The van der Waals surface area contributed by atoms with E-state index in [0.717, 1.165) is 41.0 Å².